The molecule has 104 valence electrons. The van der Waals surface area contributed by atoms with Crippen LogP contribution in [0.5, 0.6) is 0 Å². The minimum atomic E-state index is 0.0876. The number of rotatable bonds is 5. The minimum Gasteiger partial charge on any atom is -0.385 e. The van der Waals surface area contributed by atoms with Crippen LogP contribution in [-0.2, 0) is 4.74 Å². The van der Waals surface area contributed by atoms with Gasteiger partial charge in [0.15, 0.2) is 0 Å². The fraction of sp³-hybridized carbons (Fsp3) is 0.571. The lowest BCUT2D eigenvalue weighted by molar-refractivity contribution is 0.0623. The van der Waals surface area contributed by atoms with E-state index in [0.717, 1.165) is 45.8 Å². The van der Waals surface area contributed by atoms with Crippen LogP contribution >= 0.6 is 0 Å². The Bertz CT molecular complexity index is 389. The zero-order valence-corrected chi connectivity index (χ0v) is 11.4. The Morgan fingerprint density at radius 3 is 2.79 bits per heavy atom. The van der Waals surface area contributed by atoms with Crippen molar-refractivity contribution in [1.82, 2.24) is 14.8 Å². The normalized spacial score (nSPS) is 16.6. The van der Waals surface area contributed by atoms with Crippen molar-refractivity contribution < 1.29 is 9.53 Å². The first-order chi connectivity index (χ1) is 9.31. The van der Waals surface area contributed by atoms with Crippen molar-refractivity contribution in [3.63, 3.8) is 0 Å². The molecule has 0 unspecified atom stereocenters. The van der Waals surface area contributed by atoms with E-state index in [1.807, 2.05) is 11.0 Å². The second kappa shape index (κ2) is 7.21. The third-order valence-corrected chi connectivity index (χ3v) is 3.39. The maximum absolute atomic E-state index is 12.2. The predicted molar refractivity (Wildman–Crippen MR) is 73.1 cm³/mol. The first-order valence-electron chi connectivity index (χ1n) is 6.72. The number of aromatic nitrogens is 1. The number of hydrogen-bond donors (Lipinski definition) is 0. The van der Waals surface area contributed by atoms with E-state index in [2.05, 4.69) is 9.88 Å². The molecule has 2 rings (SSSR count). The number of nitrogens with zero attached hydrogens (tertiary/aromatic N) is 3. The van der Waals surface area contributed by atoms with Gasteiger partial charge in [0.25, 0.3) is 5.91 Å². The molecule has 1 aliphatic rings. The van der Waals surface area contributed by atoms with Gasteiger partial charge in [-0.2, -0.15) is 0 Å². The van der Waals surface area contributed by atoms with Crippen LogP contribution < -0.4 is 0 Å². The van der Waals surface area contributed by atoms with Crippen LogP contribution in [0.25, 0.3) is 0 Å². The molecule has 0 aromatic carbocycles. The highest BCUT2D eigenvalue weighted by atomic mass is 16.5. The molecule has 1 aromatic rings. The summed E-state index contributed by atoms with van der Waals surface area (Å²) in [5.41, 5.74) is 0.676. The number of pyridine rings is 1. The summed E-state index contributed by atoms with van der Waals surface area (Å²) < 4.78 is 5.05. The zero-order chi connectivity index (χ0) is 13.5. The highest BCUT2D eigenvalue weighted by Crippen LogP contribution is 2.08. The molecule has 0 N–H and O–H groups in total. The van der Waals surface area contributed by atoms with E-state index in [4.69, 9.17) is 4.74 Å². The van der Waals surface area contributed by atoms with Crippen molar-refractivity contribution in [2.45, 2.75) is 6.42 Å². The quantitative estimate of drug-likeness (QED) is 0.740. The van der Waals surface area contributed by atoms with Gasteiger partial charge in [-0.15, -0.1) is 0 Å². The molecule has 5 nitrogen and oxygen atoms in total. The summed E-state index contributed by atoms with van der Waals surface area (Å²) >= 11 is 0. The van der Waals surface area contributed by atoms with E-state index in [1.54, 1.807) is 25.6 Å². The third-order valence-electron chi connectivity index (χ3n) is 3.39. The van der Waals surface area contributed by atoms with Gasteiger partial charge in [-0.25, -0.2) is 0 Å². The third kappa shape index (κ3) is 4.01. The Morgan fingerprint density at radius 1 is 1.37 bits per heavy atom. The molecule has 19 heavy (non-hydrogen) atoms. The second-order valence-electron chi connectivity index (χ2n) is 4.72. The van der Waals surface area contributed by atoms with E-state index < -0.39 is 0 Å². The van der Waals surface area contributed by atoms with Gasteiger partial charge in [0, 0.05) is 58.8 Å². The van der Waals surface area contributed by atoms with Crippen molar-refractivity contribution in [1.29, 1.82) is 0 Å². The average Bonchev–Trinajstić information content (AvgIpc) is 2.48. The maximum atomic E-state index is 12.2. The summed E-state index contributed by atoms with van der Waals surface area (Å²) in [6.45, 7) is 5.31. The predicted octanol–water partition coefficient (Wildman–Crippen LogP) is 0.876. The Morgan fingerprint density at radius 2 is 2.16 bits per heavy atom. The van der Waals surface area contributed by atoms with Gasteiger partial charge < -0.3 is 9.64 Å². The summed E-state index contributed by atoms with van der Waals surface area (Å²) in [7, 11) is 1.73. The van der Waals surface area contributed by atoms with Crippen LogP contribution in [0.3, 0.4) is 0 Å². The summed E-state index contributed by atoms with van der Waals surface area (Å²) in [5.74, 6) is 0.0876. The zero-order valence-electron chi connectivity index (χ0n) is 11.4. The van der Waals surface area contributed by atoms with E-state index in [9.17, 15) is 4.79 Å². The first kappa shape index (κ1) is 14.0. The minimum absolute atomic E-state index is 0.0876. The van der Waals surface area contributed by atoms with E-state index in [-0.39, 0.29) is 5.91 Å². The number of hydrogen-bond acceptors (Lipinski definition) is 4. The van der Waals surface area contributed by atoms with Crippen molar-refractivity contribution >= 4 is 5.91 Å². The Labute approximate surface area is 114 Å². The summed E-state index contributed by atoms with van der Waals surface area (Å²) in [4.78, 5) is 20.5. The molecule has 0 aliphatic carbocycles. The van der Waals surface area contributed by atoms with Gasteiger partial charge in [0.1, 0.15) is 0 Å². The molecule has 0 saturated carbocycles. The van der Waals surface area contributed by atoms with Gasteiger partial charge in [-0.1, -0.05) is 0 Å². The molecular weight excluding hydrogens is 242 g/mol. The van der Waals surface area contributed by atoms with Gasteiger partial charge in [-0.05, 0) is 18.6 Å². The molecule has 1 amide bonds. The molecule has 0 atom stereocenters. The van der Waals surface area contributed by atoms with Crippen LogP contribution in [0.1, 0.15) is 16.8 Å². The molecule has 1 aliphatic heterocycles. The summed E-state index contributed by atoms with van der Waals surface area (Å²) in [6, 6.07) is 3.62. The van der Waals surface area contributed by atoms with Crippen molar-refractivity contribution in [3.8, 4) is 0 Å². The summed E-state index contributed by atoms with van der Waals surface area (Å²) in [6.07, 6.45) is 4.37. The molecule has 0 spiro atoms. The van der Waals surface area contributed by atoms with Gasteiger partial charge in [0.05, 0.1) is 5.56 Å². The lowest BCUT2D eigenvalue weighted by Crippen LogP contribution is -2.48. The van der Waals surface area contributed by atoms with E-state index in [1.165, 1.54) is 0 Å². The Kier molecular flexibility index (Phi) is 5.30. The molecule has 1 aromatic heterocycles. The molecule has 2 heterocycles. The number of amides is 1. The highest BCUT2D eigenvalue weighted by Gasteiger charge is 2.21. The van der Waals surface area contributed by atoms with Crippen LogP contribution in [0.4, 0.5) is 0 Å². The molecule has 0 bridgehead atoms. The molecule has 1 fully saturated rings. The Hall–Kier alpha value is -1.46. The molecule has 5 heteroatoms. The smallest absolute Gasteiger partial charge is 0.255 e. The molecule has 0 radical (unpaired) electrons. The number of piperazine rings is 1. The van der Waals surface area contributed by atoms with Gasteiger partial charge in [0.2, 0.25) is 0 Å². The van der Waals surface area contributed by atoms with Crippen LogP contribution in [0.15, 0.2) is 24.5 Å². The number of methoxy groups -OCH3 is 1. The van der Waals surface area contributed by atoms with Gasteiger partial charge >= 0.3 is 0 Å². The topological polar surface area (TPSA) is 45.7 Å². The average molecular weight is 263 g/mol. The number of ether oxygens (including phenoxy) is 1. The lowest BCUT2D eigenvalue weighted by atomic mass is 10.2. The van der Waals surface area contributed by atoms with E-state index >= 15 is 0 Å². The fourth-order valence-corrected chi connectivity index (χ4v) is 2.28. The Balaban J connectivity index is 1.78. The largest absolute Gasteiger partial charge is 0.385 e. The lowest BCUT2D eigenvalue weighted by Gasteiger charge is -2.34. The molecule has 1 saturated heterocycles. The van der Waals surface area contributed by atoms with Crippen molar-refractivity contribution in [2.24, 2.45) is 0 Å². The van der Waals surface area contributed by atoms with E-state index in [0.29, 0.717) is 5.56 Å². The van der Waals surface area contributed by atoms with Crippen LogP contribution in [-0.4, -0.2) is 67.1 Å². The van der Waals surface area contributed by atoms with Crippen LogP contribution in [0.2, 0.25) is 0 Å². The maximum Gasteiger partial charge on any atom is 0.255 e. The van der Waals surface area contributed by atoms with Gasteiger partial charge in [-0.3, -0.25) is 14.7 Å². The second-order valence-corrected chi connectivity index (χ2v) is 4.72. The fourth-order valence-electron chi connectivity index (χ4n) is 2.28. The van der Waals surface area contributed by atoms with Crippen molar-refractivity contribution in [3.05, 3.63) is 30.1 Å². The SMILES string of the molecule is COCCCN1CCN(C(=O)c2cccnc2)CC1. The van der Waals surface area contributed by atoms with Crippen LogP contribution in [0, 0.1) is 0 Å². The van der Waals surface area contributed by atoms with Crippen molar-refractivity contribution in [2.75, 3.05) is 46.4 Å². The monoisotopic (exact) mass is 263 g/mol. The first-order valence-corrected chi connectivity index (χ1v) is 6.72. The number of carbonyl (C=O) groups excluding carboxylic acids is 1. The standard InChI is InChI=1S/C14H21N3O2/c1-19-11-3-6-16-7-9-17(10-8-16)14(18)13-4-2-5-15-12-13/h2,4-5,12H,3,6-11H2,1H3. The highest BCUT2D eigenvalue weighted by molar-refractivity contribution is 5.93. The number of carbonyl (C=O) groups is 1. The summed E-state index contributed by atoms with van der Waals surface area (Å²) in [5, 5.41) is 0. The molecular formula is C14H21N3O2.